The molecule has 11 heteroatoms. The predicted molar refractivity (Wildman–Crippen MR) is 161 cm³/mol. The molecular weight excluding hydrogens is 593 g/mol. The van der Waals surface area contributed by atoms with Crippen molar-refractivity contribution in [2.45, 2.75) is 44.7 Å². The van der Waals surface area contributed by atoms with Crippen molar-refractivity contribution in [3.8, 4) is 0 Å². The lowest BCUT2D eigenvalue weighted by molar-refractivity contribution is -0.140. The Hall–Kier alpha value is -2.78. The number of halogens is 3. The van der Waals surface area contributed by atoms with Gasteiger partial charge in [-0.15, -0.1) is 0 Å². The van der Waals surface area contributed by atoms with Crippen molar-refractivity contribution in [3.63, 3.8) is 0 Å². The van der Waals surface area contributed by atoms with Gasteiger partial charge in [-0.05, 0) is 54.8 Å². The van der Waals surface area contributed by atoms with E-state index in [1.807, 2.05) is 13.8 Å². The van der Waals surface area contributed by atoms with Gasteiger partial charge in [0.2, 0.25) is 11.8 Å². The average Bonchev–Trinajstić information content (AvgIpc) is 2.92. The summed E-state index contributed by atoms with van der Waals surface area (Å²) in [6.45, 7) is 5.44. The van der Waals surface area contributed by atoms with Gasteiger partial charge in [0, 0.05) is 33.7 Å². The molecule has 0 aliphatic carbocycles. The molecule has 0 aliphatic rings. The maximum absolute atomic E-state index is 14.1. The van der Waals surface area contributed by atoms with Gasteiger partial charge < -0.3 is 10.2 Å². The normalized spacial score (nSPS) is 12.2. The number of nitrogens with zero attached hydrogens (tertiary/aromatic N) is 2. The van der Waals surface area contributed by atoms with Crippen LogP contribution in [0.3, 0.4) is 0 Å². The first-order valence-electron chi connectivity index (χ1n) is 12.8. The number of nitrogens with one attached hydrogen (secondary N) is 1. The van der Waals surface area contributed by atoms with Gasteiger partial charge in [-0.25, -0.2) is 8.42 Å². The number of carbonyl (C=O) groups is 2. The largest absolute Gasteiger partial charge is 0.354 e. The van der Waals surface area contributed by atoms with Crippen molar-refractivity contribution in [1.29, 1.82) is 0 Å². The number of sulfonamides is 1. The fourth-order valence-electron chi connectivity index (χ4n) is 4.08. The number of amides is 2. The molecular formula is C29H32Cl3N3O4S. The van der Waals surface area contributed by atoms with E-state index in [2.05, 4.69) is 5.32 Å². The van der Waals surface area contributed by atoms with Crippen molar-refractivity contribution in [2.75, 3.05) is 17.4 Å². The lowest BCUT2D eigenvalue weighted by atomic mass is 10.1. The van der Waals surface area contributed by atoms with Gasteiger partial charge >= 0.3 is 0 Å². The molecule has 214 valence electrons. The molecule has 0 radical (unpaired) electrons. The second-order valence-electron chi connectivity index (χ2n) is 9.59. The molecule has 2 amide bonds. The lowest BCUT2D eigenvalue weighted by Gasteiger charge is -2.33. The zero-order valence-electron chi connectivity index (χ0n) is 22.5. The summed E-state index contributed by atoms with van der Waals surface area (Å²) in [7, 11) is -4.19. The van der Waals surface area contributed by atoms with Crippen LogP contribution in [0.25, 0.3) is 0 Å². The van der Waals surface area contributed by atoms with Gasteiger partial charge in [-0.1, -0.05) is 85.9 Å². The minimum atomic E-state index is -4.19. The molecule has 0 saturated heterocycles. The predicted octanol–water partition coefficient (Wildman–Crippen LogP) is 6.42. The minimum absolute atomic E-state index is 0.00481. The zero-order valence-corrected chi connectivity index (χ0v) is 25.6. The Balaban J connectivity index is 2.08. The highest BCUT2D eigenvalue weighted by atomic mass is 35.5. The molecule has 40 heavy (non-hydrogen) atoms. The van der Waals surface area contributed by atoms with Crippen LogP contribution >= 0.6 is 34.8 Å². The highest BCUT2D eigenvalue weighted by molar-refractivity contribution is 7.92. The summed E-state index contributed by atoms with van der Waals surface area (Å²) in [5.41, 5.74) is 0.659. The summed E-state index contributed by atoms with van der Waals surface area (Å²) in [6, 6.07) is 18.1. The number of hydrogen-bond acceptors (Lipinski definition) is 4. The van der Waals surface area contributed by atoms with Crippen LogP contribution in [0, 0.1) is 5.92 Å². The molecule has 0 aromatic heterocycles. The van der Waals surface area contributed by atoms with E-state index in [1.54, 1.807) is 61.5 Å². The Morgan fingerprint density at radius 1 is 0.900 bits per heavy atom. The van der Waals surface area contributed by atoms with Crippen LogP contribution in [0.1, 0.15) is 32.8 Å². The maximum Gasteiger partial charge on any atom is 0.264 e. The van der Waals surface area contributed by atoms with E-state index >= 15 is 0 Å². The Kier molecular flexibility index (Phi) is 11.3. The molecule has 3 rings (SSSR count). The van der Waals surface area contributed by atoms with E-state index in [-0.39, 0.29) is 35.4 Å². The molecule has 0 aliphatic heterocycles. The van der Waals surface area contributed by atoms with Crippen LogP contribution in [0.2, 0.25) is 15.1 Å². The van der Waals surface area contributed by atoms with Crippen LogP contribution in [0.15, 0.2) is 77.7 Å². The van der Waals surface area contributed by atoms with Crippen LogP contribution < -0.4 is 9.62 Å². The summed E-state index contributed by atoms with van der Waals surface area (Å²) in [5.74, 6) is -0.770. The molecule has 0 unspecified atom stereocenters. The van der Waals surface area contributed by atoms with E-state index < -0.39 is 28.5 Å². The first kappa shape index (κ1) is 31.7. The molecule has 7 nitrogen and oxygen atoms in total. The van der Waals surface area contributed by atoms with Gasteiger partial charge in [0.1, 0.15) is 12.6 Å². The highest BCUT2D eigenvalue weighted by Crippen LogP contribution is 2.29. The quantitative estimate of drug-likeness (QED) is 0.252. The average molecular weight is 625 g/mol. The first-order chi connectivity index (χ1) is 18.9. The smallest absolute Gasteiger partial charge is 0.264 e. The van der Waals surface area contributed by atoms with Crippen molar-refractivity contribution >= 4 is 62.3 Å². The van der Waals surface area contributed by atoms with Gasteiger partial charge in [-0.2, -0.15) is 0 Å². The molecule has 1 N–H and O–H groups in total. The Morgan fingerprint density at radius 2 is 1.52 bits per heavy atom. The minimum Gasteiger partial charge on any atom is -0.354 e. The standard InChI is InChI=1S/C29H32Cl3N3O4S/c1-4-27(29(37)33-17-20(2)3)34(18-24-25(31)14-9-15-26(24)32)28(36)19-35(22-11-8-10-21(30)16-22)40(38,39)23-12-6-5-7-13-23/h5-16,20,27H,4,17-19H2,1-3H3,(H,33,37)/t27-/m1/s1. The van der Waals surface area contributed by atoms with E-state index in [0.717, 1.165) is 4.31 Å². The van der Waals surface area contributed by atoms with Crippen molar-refractivity contribution in [3.05, 3.63) is 93.4 Å². The lowest BCUT2D eigenvalue weighted by Crippen LogP contribution is -2.52. The Labute approximate surface area is 251 Å². The molecule has 0 heterocycles. The van der Waals surface area contributed by atoms with Crippen LogP contribution in [-0.2, 0) is 26.2 Å². The summed E-state index contributed by atoms with van der Waals surface area (Å²) >= 11 is 19.1. The van der Waals surface area contributed by atoms with Gasteiger partial charge in [-0.3, -0.25) is 13.9 Å². The summed E-state index contributed by atoms with van der Waals surface area (Å²) in [6.07, 6.45) is 0.278. The molecule has 0 fully saturated rings. The van der Waals surface area contributed by atoms with E-state index in [1.165, 1.54) is 23.1 Å². The molecule has 0 spiro atoms. The zero-order chi connectivity index (χ0) is 29.4. The maximum atomic E-state index is 14.1. The molecule has 3 aromatic carbocycles. The molecule has 0 bridgehead atoms. The monoisotopic (exact) mass is 623 g/mol. The first-order valence-corrected chi connectivity index (χ1v) is 15.4. The van der Waals surface area contributed by atoms with Crippen LogP contribution in [-0.4, -0.2) is 44.3 Å². The van der Waals surface area contributed by atoms with Gasteiger partial charge in [0.25, 0.3) is 10.0 Å². The van der Waals surface area contributed by atoms with E-state index in [9.17, 15) is 18.0 Å². The van der Waals surface area contributed by atoms with Gasteiger partial charge in [0.15, 0.2) is 0 Å². The number of hydrogen-bond donors (Lipinski definition) is 1. The van der Waals surface area contributed by atoms with Crippen molar-refractivity contribution < 1.29 is 18.0 Å². The fourth-order valence-corrected chi connectivity index (χ4v) is 6.20. The third kappa shape index (κ3) is 7.91. The number of benzene rings is 3. The van der Waals surface area contributed by atoms with Crippen LogP contribution in [0.4, 0.5) is 5.69 Å². The fraction of sp³-hybridized carbons (Fsp3) is 0.310. The van der Waals surface area contributed by atoms with Crippen molar-refractivity contribution in [2.24, 2.45) is 5.92 Å². The SMILES string of the molecule is CC[C@H](C(=O)NCC(C)C)N(Cc1c(Cl)cccc1Cl)C(=O)CN(c1cccc(Cl)c1)S(=O)(=O)c1ccccc1. The molecule has 1 atom stereocenters. The Morgan fingerprint density at radius 3 is 2.10 bits per heavy atom. The summed E-state index contributed by atoms with van der Waals surface area (Å²) in [4.78, 5) is 28.7. The van der Waals surface area contributed by atoms with E-state index in [0.29, 0.717) is 27.2 Å². The summed E-state index contributed by atoms with van der Waals surface area (Å²) in [5, 5.41) is 3.84. The highest BCUT2D eigenvalue weighted by Gasteiger charge is 2.34. The second kappa shape index (κ2) is 14.2. The van der Waals surface area contributed by atoms with Gasteiger partial charge in [0.05, 0.1) is 10.6 Å². The number of rotatable bonds is 12. The van der Waals surface area contributed by atoms with Crippen molar-refractivity contribution in [1.82, 2.24) is 10.2 Å². The topological polar surface area (TPSA) is 86.8 Å². The molecule has 3 aromatic rings. The third-order valence-electron chi connectivity index (χ3n) is 6.17. The number of carbonyl (C=O) groups excluding carboxylic acids is 2. The second-order valence-corrected chi connectivity index (χ2v) is 12.7. The Bertz CT molecular complexity index is 1420. The number of anilines is 1. The molecule has 0 saturated carbocycles. The summed E-state index contributed by atoms with van der Waals surface area (Å²) < 4.78 is 28.6. The third-order valence-corrected chi connectivity index (χ3v) is 8.90. The van der Waals surface area contributed by atoms with E-state index in [4.69, 9.17) is 34.8 Å². The van der Waals surface area contributed by atoms with Crippen LogP contribution in [0.5, 0.6) is 0 Å².